The smallest absolute Gasteiger partial charge is 0.124 e. The van der Waals surface area contributed by atoms with E-state index in [1.165, 1.54) is 0 Å². The molecule has 0 radical (unpaired) electrons. The standard InChI is InChI=1S/C13H11NOS/c14-13(9-5-1-3-7-11(9)15)10-6-2-4-8-12(10)16/h1-8,14-16H. The third-order valence-corrected chi connectivity index (χ3v) is 2.74. The topological polar surface area (TPSA) is 44.1 Å². The van der Waals surface area contributed by atoms with Crippen LogP contribution in [0.2, 0.25) is 0 Å². The highest BCUT2D eigenvalue weighted by molar-refractivity contribution is 7.80. The van der Waals surface area contributed by atoms with E-state index >= 15 is 0 Å². The number of rotatable bonds is 2. The van der Waals surface area contributed by atoms with Gasteiger partial charge in [-0.15, -0.1) is 12.6 Å². The molecule has 2 aromatic rings. The zero-order valence-electron chi connectivity index (χ0n) is 8.51. The Labute approximate surface area is 99.5 Å². The lowest BCUT2D eigenvalue weighted by Crippen LogP contribution is -2.02. The van der Waals surface area contributed by atoms with Gasteiger partial charge in [-0.3, -0.25) is 5.41 Å². The summed E-state index contributed by atoms with van der Waals surface area (Å²) < 4.78 is 0. The molecule has 0 aliphatic heterocycles. The number of aromatic hydroxyl groups is 1. The molecule has 16 heavy (non-hydrogen) atoms. The zero-order chi connectivity index (χ0) is 11.5. The maximum absolute atomic E-state index is 9.67. The van der Waals surface area contributed by atoms with Crippen molar-refractivity contribution >= 4 is 18.3 Å². The van der Waals surface area contributed by atoms with Crippen molar-refractivity contribution in [1.29, 1.82) is 5.41 Å². The zero-order valence-corrected chi connectivity index (χ0v) is 9.41. The van der Waals surface area contributed by atoms with Gasteiger partial charge in [0, 0.05) is 16.0 Å². The summed E-state index contributed by atoms with van der Waals surface area (Å²) in [6.07, 6.45) is 0. The summed E-state index contributed by atoms with van der Waals surface area (Å²) in [6, 6.07) is 14.2. The van der Waals surface area contributed by atoms with Crippen LogP contribution in [-0.4, -0.2) is 10.8 Å². The van der Waals surface area contributed by atoms with E-state index in [2.05, 4.69) is 12.6 Å². The number of nitrogens with one attached hydrogen (secondary N) is 1. The fourth-order valence-corrected chi connectivity index (χ4v) is 1.79. The molecule has 0 spiro atoms. The number of benzene rings is 2. The van der Waals surface area contributed by atoms with Crippen molar-refractivity contribution in [3.8, 4) is 5.75 Å². The molecule has 80 valence electrons. The molecular formula is C13H11NOS. The number of thiol groups is 1. The molecule has 2 N–H and O–H groups in total. The average Bonchev–Trinajstić information content (AvgIpc) is 2.29. The molecule has 2 nitrogen and oxygen atoms in total. The molecule has 0 aliphatic carbocycles. The van der Waals surface area contributed by atoms with Crippen molar-refractivity contribution in [1.82, 2.24) is 0 Å². The van der Waals surface area contributed by atoms with Crippen LogP contribution >= 0.6 is 12.6 Å². The number of para-hydroxylation sites is 1. The first kappa shape index (κ1) is 10.8. The third kappa shape index (κ3) is 1.95. The SMILES string of the molecule is N=C(c1ccccc1O)c1ccccc1S. The minimum atomic E-state index is 0.115. The minimum Gasteiger partial charge on any atom is -0.507 e. The molecule has 0 saturated heterocycles. The molecule has 0 unspecified atom stereocenters. The highest BCUT2D eigenvalue weighted by Gasteiger charge is 2.10. The molecule has 0 aliphatic rings. The second-order valence-corrected chi connectivity index (χ2v) is 3.89. The van der Waals surface area contributed by atoms with Crippen LogP contribution in [0.3, 0.4) is 0 Å². The lowest BCUT2D eigenvalue weighted by atomic mass is 10.0. The van der Waals surface area contributed by atoms with Gasteiger partial charge in [-0.1, -0.05) is 30.3 Å². The maximum Gasteiger partial charge on any atom is 0.124 e. The van der Waals surface area contributed by atoms with E-state index in [1.807, 2.05) is 24.3 Å². The van der Waals surface area contributed by atoms with Gasteiger partial charge in [-0.05, 0) is 18.2 Å². The average molecular weight is 229 g/mol. The Bertz CT molecular complexity index is 489. The van der Waals surface area contributed by atoms with Crippen LogP contribution < -0.4 is 0 Å². The fourth-order valence-electron chi connectivity index (χ4n) is 1.52. The molecule has 2 aromatic carbocycles. The number of hydrogen-bond donors (Lipinski definition) is 3. The van der Waals surface area contributed by atoms with Crippen LogP contribution in [0.25, 0.3) is 0 Å². The normalized spacial score (nSPS) is 10.1. The highest BCUT2D eigenvalue weighted by atomic mass is 32.1. The predicted molar refractivity (Wildman–Crippen MR) is 67.7 cm³/mol. The number of phenolic OH excluding ortho intramolecular Hbond substituents is 1. The molecule has 0 bridgehead atoms. The third-order valence-electron chi connectivity index (χ3n) is 2.35. The van der Waals surface area contributed by atoms with Gasteiger partial charge in [0.15, 0.2) is 0 Å². The second-order valence-electron chi connectivity index (χ2n) is 3.41. The summed E-state index contributed by atoms with van der Waals surface area (Å²) in [7, 11) is 0. The van der Waals surface area contributed by atoms with Gasteiger partial charge in [-0.2, -0.15) is 0 Å². The van der Waals surface area contributed by atoms with Crippen LogP contribution in [0.4, 0.5) is 0 Å². The highest BCUT2D eigenvalue weighted by Crippen LogP contribution is 2.22. The monoisotopic (exact) mass is 229 g/mol. The van der Waals surface area contributed by atoms with Gasteiger partial charge in [0.2, 0.25) is 0 Å². The van der Waals surface area contributed by atoms with E-state index in [4.69, 9.17) is 5.41 Å². The van der Waals surface area contributed by atoms with Crippen molar-refractivity contribution in [3.63, 3.8) is 0 Å². The summed E-state index contributed by atoms with van der Waals surface area (Å²) >= 11 is 4.30. The molecule has 0 saturated carbocycles. The van der Waals surface area contributed by atoms with Crippen LogP contribution in [0.5, 0.6) is 5.75 Å². The van der Waals surface area contributed by atoms with Crippen molar-refractivity contribution in [2.75, 3.05) is 0 Å². The first-order valence-corrected chi connectivity index (χ1v) is 5.30. The van der Waals surface area contributed by atoms with E-state index < -0.39 is 0 Å². The van der Waals surface area contributed by atoms with E-state index in [0.717, 1.165) is 4.90 Å². The van der Waals surface area contributed by atoms with E-state index in [9.17, 15) is 5.11 Å². The first-order chi connectivity index (χ1) is 7.70. The van der Waals surface area contributed by atoms with Gasteiger partial charge in [-0.25, -0.2) is 0 Å². The summed E-state index contributed by atoms with van der Waals surface area (Å²) in [5.41, 5.74) is 1.51. The van der Waals surface area contributed by atoms with Gasteiger partial charge < -0.3 is 5.11 Å². The first-order valence-electron chi connectivity index (χ1n) is 4.85. The minimum absolute atomic E-state index is 0.115. The van der Waals surface area contributed by atoms with Crippen LogP contribution in [0.15, 0.2) is 53.4 Å². The second kappa shape index (κ2) is 4.41. The van der Waals surface area contributed by atoms with Crippen molar-refractivity contribution in [2.45, 2.75) is 4.90 Å². The Kier molecular flexibility index (Phi) is 2.97. The van der Waals surface area contributed by atoms with Gasteiger partial charge in [0.25, 0.3) is 0 Å². The molecular weight excluding hydrogens is 218 g/mol. The largest absolute Gasteiger partial charge is 0.507 e. The molecule has 0 heterocycles. The molecule has 0 aromatic heterocycles. The Morgan fingerprint density at radius 2 is 1.50 bits per heavy atom. The van der Waals surface area contributed by atoms with Gasteiger partial charge in [0.1, 0.15) is 5.75 Å². The number of hydrogen-bond acceptors (Lipinski definition) is 3. The lowest BCUT2D eigenvalue weighted by Gasteiger charge is -2.08. The lowest BCUT2D eigenvalue weighted by molar-refractivity contribution is 0.474. The predicted octanol–water partition coefficient (Wildman–Crippen LogP) is 3.10. The number of phenols is 1. The summed E-state index contributed by atoms with van der Waals surface area (Å²) in [6.45, 7) is 0. The maximum atomic E-state index is 9.67. The molecule has 2 rings (SSSR count). The summed E-state index contributed by atoms with van der Waals surface area (Å²) in [4.78, 5) is 0.732. The quantitative estimate of drug-likeness (QED) is 0.537. The molecule has 0 atom stereocenters. The van der Waals surface area contributed by atoms with Crippen LogP contribution in [-0.2, 0) is 0 Å². The molecule has 0 fully saturated rings. The van der Waals surface area contributed by atoms with Crippen LogP contribution in [0.1, 0.15) is 11.1 Å². The van der Waals surface area contributed by atoms with Crippen LogP contribution in [0, 0.1) is 5.41 Å². The Balaban J connectivity index is 2.48. The van der Waals surface area contributed by atoms with Crippen molar-refractivity contribution < 1.29 is 5.11 Å². The van der Waals surface area contributed by atoms with Gasteiger partial charge >= 0.3 is 0 Å². The Hall–Kier alpha value is -1.74. The molecule has 0 amide bonds. The van der Waals surface area contributed by atoms with E-state index in [1.54, 1.807) is 24.3 Å². The van der Waals surface area contributed by atoms with Gasteiger partial charge in [0.05, 0.1) is 5.71 Å². The summed E-state index contributed by atoms with van der Waals surface area (Å²) in [5.74, 6) is 0.115. The molecule has 3 heteroatoms. The fraction of sp³-hybridized carbons (Fsp3) is 0. The Morgan fingerprint density at radius 3 is 2.12 bits per heavy atom. The van der Waals surface area contributed by atoms with E-state index in [-0.39, 0.29) is 11.5 Å². The van der Waals surface area contributed by atoms with Crippen molar-refractivity contribution in [3.05, 3.63) is 59.7 Å². The van der Waals surface area contributed by atoms with E-state index in [0.29, 0.717) is 11.1 Å². The summed E-state index contributed by atoms with van der Waals surface area (Å²) in [5, 5.41) is 17.7. The Morgan fingerprint density at radius 1 is 0.938 bits per heavy atom. The van der Waals surface area contributed by atoms with Crippen molar-refractivity contribution in [2.24, 2.45) is 0 Å².